The minimum absolute atomic E-state index is 0.390. The van der Waals surface area contributed by atoms with E-state index in [1.54, 1.807) is 0 Å². The Morgan fingerprint density at radius 1 is 1.33 bits per heavy atom. The van der Waals surface area contributed by atoms with Crippen LogP contribution < -0.4 is 0 Å². The fourth-order valence-electron chi connectivity index (χ4n) is 1.47. The summed E-state index contributed by atoms with van der Waals surface area (Å²) in [6.07, 6.45) is 4.51. The lowest BCUT2D eigenvalue weighted by Crippen LogP contribution is -2.11. The molecule has 0 aliphatic carbocycles. The monoisotopic (exact) mass is 171 g/mol. The third-order valence-corrected chi connectivity index (χ3v) is 2.09. The SMILES string of the molecule is CCCC(C)(C)CCCO[C]=O. The third-order valence-electron chi connectivity index (χ3n) is 2.09. The summed E-state index contributed by atoms with van der Waals surface area (Å²) in [5.41, 5.74) is 0.390. The van der Waals surface area contributed by atoms with Gasteiger partial charge in [0, 0.05) is 0 Å². The first-order chi connectivity index (χ1) is 5.62. The van der Waals surface area contributed by atoms with Crippen LogP contribution in [0, 0.1) is 5.41 Å². The molecular weight excluding hydrogens is 152 g/mol. The van der Waals surface area contributed by atoms with Crippen molar-refractivity contribution in [1.29, 1.82) is 0 Å². The van der Waals surface area contributed by atoms with Crippen LogP contribution in [0.3, 0.4) is 0 Å². The van der Waals surface area contributed by atoms with Gasteiger partial charge in [0.1, 0.15) is 0 Å². The summed E-state index contributed by atoms with van der Waals surface area (Å²) in [7, 11) is 0. The van der Waals surface area contributed by atoms with Gasteiger partial charge in [-0.3, -0.25) is 0 Å². The van der Waals surface area contributed by atoms with Gasteiger partial charge in [-0.2, -0.15) is 0 Å². The van der Waals surface area contributed by atoms with Crippen LogP contribution in [0.2, 0.25) is 0 Å². The smallest absolute Gasteiger partial charge is 0.417 e. The van der Waals surface area contributed by atoms with E-state index in [1.165, 1.54) is 19.3 Å². The van der Waals surface area contributed by atoms with Gasteiger partial charge in [0.05, 0.1) is 6.61 Å². The molecule has 0 saturated heterocycles. The summed E-state index contributed by atoms with van der Waals surface area (Å²) < 4.78 is 4.50. The van der Waals surface area contributed by atoms with E-state index in [1.807, 2.05) is 0 Å². The molecule has 0 atom stereocenters. The Morgan fingerprint density at radius 3 is 2.50 bits per heavy atom. The van der Waals surface area contributed by atoms with Crippen LogP contribution in [-0.2, 0) is 9.53 Å². The highest BCUT2D eigenvalue weighted by Gasteiger charge is 2.15. The lowest BCUT2D eigenvalue weighted by molar-refractivity contribution is 0.228. The van der Waals surface area contributed by atoms with E-state index in [2.05, 4.69) is 25.5 Å². The van der Waals surface area contributed by atoms with E-state index >= 15 is 0 Å². The maximum absolute atomic E-state index is 9.71. The van der Waals surface area contributed by atoms with Crippen LogP contribution in [0.5, 0.6) is 0 Å². The summed E-state index contributed by atoms with van der Waals surface area (Å²) >= 11 is 0. The third kappa shape index (κ3) is 6.20. The van der Waals surface area contributed by atoms with E-state index in [0.29, 0.717) is 12.0 Å². The van der Waals surface area contributed by atoms with Gasteiger partial charge < -0.3 is 4.74 Å². The first-order valence-corrected chi connectivity index (χ1v) is 4.61. The van der Waals surface area contributed by atoms with E-state index < -0.39 is 0 Å². The van der Waals surface area contributed by atoms with Gasteiger partial charge >= 0.3 is 6.47 Å². The van der Waals surface area contributed by atoms with E-state index in [9.17, 15) is 4.79 Å². The molecule has 0 N–H and O–H groups in total. The lowest BCUT2D eigenvalue weighted by Gasteiger charge is -2.23. The molecule has 0 rings (SSSR count). The average Bonchev–Trinajstić information content (AvgIpc) is 1.98. The molecule has 2 nitrogen and oxygen atoms in total. The number of hydrogen-bond acceptors (Lipinski definition) is 2. The molecule has 0 aliphatic heterocycles. The van der Waals surface area contributed by atoms with Gasteiger partial charge in [-0.25, -0.2) is 4.79 Å². The summed E-state index contributed by atoms with van der Waals surface area (Å²) in [6.45, 7) is 8.64. The Morgan fingerprint density at radius 2 is 2.00 bits per heavy atom. The maximum atomic E-state index is 9.71. The minimum Gasteiger partial charge on any atom is -0.457 e. The predicted octanol–water partition coefficient (Wildman–Crippen LogP) is 2.68. The maximum Gasteiger partial charge on any atom is 0.417 e. The van der Waals surface area contributed by atoms with Crippen molar-refractivity contribution in [1.82, 2.24) is 0 Å². The van der Waals surface area contributed by atoms with Gasteiger partial charge in [-0.05, 0) is 24.7 Å². The largest absolute Gasteiger partial charge is 0.457 e. The fraction of sp³-hybridized carbons (Fsp3) is 0.900. The molecule has 0 aromatic rings. The number of ether oxygens (including phenoxy) is 1. The van der Waals surface area contributed by atoms with Crippen LogP contribution in [0.15, 0.2) is 0 Å². The molecule has 0 saturated carbocycles. The van der Waals surface area contributed by atoms with Gasteiger partial charge in [-0.15, -0.1) is 0 Å². The summed E-state index contributed by atoms with van der Waals surface area (Å²) in [6, 6.07) is 0. The second-order valence-corrected chi connectivity index (χ2v) is 3.95. The summed E-state index contributed by atoms with van der Waals surface area (Å²) in [5, 5.41) is 0. The fourth-order valence-corrected chi connectivity index (χ4v) is 1.47. The van der Waals surface area contributed by atoms with Gasteiger partial charge in [0.25, 0.3) is 0 Å². The highest BCUT2D eigenvalue weighted by Crippen LogP contribution is 2.27. The van der Waals surface area contributed by atoms with Crippen molar-refractivity contribution >= 4 is 6.47 Å². The number of hydrogen-bond donors (Lipinski definition) is 0. The predicted molar refractivity (Wildman–Crippen MR) is 49.6 cm³/mol. The van der Waals surface area contributed by atoms with Crippen LogP contribution in [0.4, 0.5) is 0 Å². The Balaban J connectivity index is 3.39. The van der Waals surface area contributed by atoms with E-state index in [4.69, 9.17) is 0 Å². The van der Waals surface area contributed by atoms with Crippen LogP contribution in [0.25, 0.3) is 0 Å². The molecule has 0 aromatic heterocycles. The van der Waals surface area contributed by atoms with Crippen molar-refractivity contribution in [2.75, 3.05) is 6.61 Å². The molecule has 0 spiro atoms. The van der Waals surface area contributed by atoms with Gasteiger partial charge in [0.15, 0.2) is 0 Å². The standard InChI is InChI=1S/C10H19O2/c1-4-6-10(2,3)7-5-8-12-9-11/h4-8H2,1-3H3. The lowest BCUT2D eigenvalue weighted by atomic mass is 9.83. The Hall–Kier alpha value is -0.530. The van der Waals surface area contributed by atoms with Crippen molar-refractivity contribution in [3.8, 4) is 0 Å². The molecule has 1 radical (unpaired) electrons. The zero-order valence-corrected chi connectivity index (χ0v) is 8.35. The van der Waals surface area contributed by atoms with Crippen molar-refractivity contribution in [3.63, 3.8) is 0 Å². The molecule has 0 aromatic carbocycles. The molecule has 0 unspecified atom stereocenters. The molecule has 0 heterocycles. The summed E-state index contributed by atoms with van der Waals surface area (Å²) in [4.78, 5) is 9.71. The van der Waals surface area contributed by atoms with Gasteiger partial charge in [-0.1, -0.05) is 27.2 Å². The molecule has 0 bridgehead atoms. The highest BCUT2D eigenvalue weighted by molar-refractivity contribution is 5.37. The second-order valence-electron chi connectivity index (χ2n) is 3.95. The Kier molecular flexibility index (Phi) is 5.77. The Bertz CT molecular complexity index is 119. The number of carbonyl (C=O) groups excluding carboxylic acids is 1. The van der Waals surface area contributed by atoms with Gasteiger partial charge in [0.2, 0.25) is 0 Å². The number of rotatable bonds is 7. The zero-order chi connectivity index (χ0) is 9.45. The second kappa shape index (κ2) is 6.04. The van der Waals surface area contributed by atoms with Crippen LogP contribution in [0.1, 0.15) is 46.5 Å². The van der Waals surface area contributed by atoms with E-state index in [-0.39, 0.29) is 0 Å². The molecule has 0 amide bonds. The van der Waals surface area contributed by atoms with Crippen LogP contribution in [-0.4, -0.2) is 13.1 Å². The van der Waals surface area contributed by atoms with Crippen molar-refractivity contribution < 1.29 is 9.53 Å². The van der Waals surface area contributed by atoms with Crippen LogP contribution >= 0.6 is 0 Å². The van der Waals surface area contributed by atoms with Crippen molar-refractivity contribution in [2.24, 2.45) is 5.41 Å². The molecule has 0 aliphatic rings. The minimum atomic E-state index is 0.390. The molecular formula is C10H19O2. The molecule has 71 valence electrons. The average molecular weight is 171 g/mol. The molecule has 0 fully saturated rings. The van der Waals surface area contributed by atoms with E-state index in [0.717, 1.165) is 12.8 Å². The van der Waals surface area contributed by atoms with Crippen molar-refractivity contribution in [3.05, 3.63) is 0 Å². The van der Waals surface area contributed by atoms with Crippen molar-refractivity contribution in [2.45, 2.75) is 46.5 Å². The normalized spacial score (nSPS) is 11.2. The molecule has 2 heteroatoms. The highest BCUT2D eigenvalue weighted by atomic mass is 16.5. The zero-order valence-electron chi connectivity index (χ0n) is 8.35. The first-order valence-electron chi connectivity index (χ1n) is 4.61. The topological polar surface area (TPSA) is 26.3 Å². The first kappa shape index (κ1) is 11.5. The summed E-state index contributed by atoms with van der Waals surface area (Å²) in [5.74, 6) is 0. The molecule has 12 heavy (non-hydrogen) atoms. The Labute approximate surface area is 75.3 Å². The quantitative estimate of drug-likeness (QED) is 0.550.